The van der Waals surface area contributed by atoms with Gasteiger partial charge in [0, 0.05) is 7.05 Å². The third-order valence-electron chi connectivity index (χ3n) is 3.31. The Morgan fingerprint density at radius 1 is 1.53 bits per heavy atom. The van der Waals surface area contributed by atoms with E-state index in [4.69, 9.17) is 9.52 Å². The monoisotopic (exact) mass is 237 g/mol. The van der Waals surface area contributed by atoms with Crippen LogP contribution in [0.1, 0.15) is 25.1 Å². The van der Waals surface area contributed by atoms with Crippen LogP contribution in [0.3, 0.4) is 0 Å². The smallest absolute Gasteiger partial charge is 0.307 e. The fourth-order valence-corrected chi connectivity index (χ4v) is 1.91. The highest BCUT2D eigenvalue weighted by molar-refractivity contribution is 5.89. The van der Waals surface area contributed by atoms with Gasteiger partial charge in [-0.15, -0.1) is 0 Å². The van der Waals surface area contributed by atoms with Gasteiger partial charge in [0.1, 0.15) is 5.76 Å². The lowest BCUT2D eigenvalue weighted by molar-refractivity contribution is -0.142. The van der Waals surface area contributed by atoms with Gasteiger partial charge in [-0.05, 0) is 25.5 Å². The molecule has 5 heteroatoms. The second kappa shape index (κ2) is 4.24. The normalized spacial score (nSPS) is 24.1. The largest absolute Gasteiger partial charge is 0.481 e. The number of carboxylic acid groups (broad SMARTS) is 1. The Balaban J connectivity index is 1.99. The number of hydrogen-bond acceptors (Lipinski definition) is 3. The Bertz CT molecular complexity index is 426. The molecule has 1 N–H and O–H groups in total. The minimum absolute atomic E-state index is 0.124. The molecule has 1 aliphatic carbocycles. The summed E-state index contributed by atoms with van der Waals surface area (Å²) in [7, 11) is 1.67. The average molecular weight is 237 g/mol. The Morgan fingerprint density at radius 2 is 2.24 bits per heavy atom. The van der Waals surface area contributed by atoms with Gasteiger partial charge < -0.3 is 14.4 Å². The van der Waals surface area contributed by atoms with Crippen molar-refractivity contribution in [2.75, 3.05) is 7.05 Å². The zero-order valence-corrected chi connectivity index (χ0v) is 9.79. The SMILES string of the molecule is C[C@H](c1ccco1)N(C)C(=O)[C@H]1C[C@H]1C(=O)O. The zero-order chi connectivity index (χ0) is 12.6. The molecule has 3 atom stereocenters. The molecule has 1 amide bonds. The van der Waals surface area contributed by atoms with Crippen molar-refractivity contribution in [3.63, 3.8) is 0 Å². The van der Waals surface area contributed by atoms with Crippen LogP contribution in [0, 0.1) is 11.8 Å². The van der Waals surface area contributed by atoms with Gasteiger partial charge in [-0.1, -0.05) is 0 Å². The lowest BCUT2D eigenvalue weighted by Crippen LogP contribution is -2.31. The fourth-order valence-electron chi connectivity index (χ4n) is 1.91. The number of amides is 1. The van der Waals surface area contributed by atoms with Crippen LogP contribution >= 0.6 is 0 Å². The average Bonchev–Trinajstić information content (AvgIpc) is 2.93. The molecule has 17 heavy (non-hydrogen) atoms. The van der Waals surface area contributed by atoms with Crippen LogP contribution in [0.4, 0.5) is 0 Å². The van der Waals surface area contributed by atoms with Crippen molar-refractivity contribution in [1.82, 2.24) is 4.90 Å². The number of nitrogens with zero attached hydrogens (tertiary/aromatic N) is 1. The van der Waals surface area contributed by atoms with Crippen LogP contribution in [-0.2, 0) is 9.59 Å². The van der Waals surface area contributed by atoms with Crippen LogP contribution < -0.4 is 0 Å². The van der Waals surface area contributed by atoms with Crippen LogP contribution in [-0.4, -0.2) is 28.9 Å². The minimum atomic E-state index is -0.887. The molecule has 0 saturated heterocycles. The van der Waals surface area contributed by atoms with Crippen molar-refractivity contribution >= 4 is 11.9 Å². The van der Waals surface area contributed by atoms with Crippen LogP contribution in [0.5, 0.6) is 0 Å². The van der Waals surface area contributed by atoms with E-state index in [9.17, 15) is 9.59 Å². The van der Waals surface area contributed by atoms with Crippen molar-refractivity contribution in [2.24, 2.45) is 11.8 Å². The fraction of sp³-hybridized carbons (Fsp3) is 0.500. The van der Waals surface area contributed by atoms with E-state index in [1.54, 1.807) is 30.3 Å². The highest BCUT2D eigenvalue weighted by atomic mass is 16.4. The van der Waals surface area contributed by atoms with Crippen LogP contribution in [0.25, 0.3) is 0 Å². The van der Waals surface area contributed by atoms with Gasteiger partial charge in [-0.25, -0.2) is 0 Å². The molecule has 1 aliphatic rings. The standard InChI is InChI=1S/C12H15NO4/c1-7(10-4-3-5-17-10)13(2)11(14)8-6-9(8)12(15)16/h3-5,7-9H,6H2,1-2H3,(H,15,16)/t7-,8+,9-/m1/s1. The molecule has 0 unspecified atom stereocenters. The minimum Gasteiger partial charge on any atom is -0.481 e. The van der Waals surface area contributed by atoms with Gasteiger partial charge in [0.25, 0.3) is 0 Å². The molecule has 1 heterocycles. The Morgan fingerprint density at radius 3 is 2.71 bits per heavy atom. The zero-order valence-electron chi connectivity index (χ0n) is 9.79. The van der Waals surface area contributed by atoms with Crippen molar-refractivity contribution in [2.45, 2.75) is 19.4 Å². The van der Waals surface area contributed by atoms with Gasteiger partial charge in [0.2, 0.25) is 5.91 Å². The number of carbonyl (C=O) groups excluding carboxylic acids is 1. The summed E-state index contributed by atoms with van der Waals surface area (Å²) in [6.07, 6.45) is 2.00. The molecule has 2 rings (SSSR count). The summed E-state index contributed by atoms with van der Waals surface area (Å²) in [6.45, 7) is 1.86. The molecule has 5 nitrogen and oxygen atoms in total. The maximum Gasteiger partial charge on any atom is 0.307 e. The third kappa shape index (κ3) is 2.18. The number of aliphatic carboxylic acids is 1. The van der Waals surface area contributed by atoms with E-state index in [2.05, 4.69) is 0 Å². The van der Waals surface area contributed by atoms with Crippen LogP contribution in [0.15, 0.2) is 22.8 Å². The Kier molecular flexibility index (Phi) is 2.92. The summed E-state index contributed by atoms with van der Waals surface area (Å²) in [5.41, 5.74) is 0. The Labute approximate surface area is 99.0 Å². The first-order valence-electron chi connectivity index (χ1n) is 5.55. The molecule has 0 aromatic carbocycles. The van der Waals surface area contributed by atoms with E-state index in [1.807, 2.05) is 6.92 Å². The van der Waals surface area contributed by atoms with Crippen molar-refractivity contribution in [1.29, 1.82) is 0 Å². The van der Waals surface area contributed by atoms with Gasteiger partial charge in [0.05, 0.1) is 24.1 Å². The molecular formula is C12H15NO4. The topological polar surface area (TPSA) is 70.8 Å². The summed E-state index contributed by atoms with van der Waals surface area (Å²) in [6, 6.07) is 3.39. The first kappa shape index (κ1) is 11.7. The van der Waals surface area contributed by atoms with Crippen molar-refractivity contribution < 1.29 is 19.1 Å². The third-order valence-corrected chi connectivity index (χ3v) is 3.31. The summed E-state index contributed by atoms with van der Waals surface area (Å²) in [5, 5.41) is 8.79. The molecule has 1 aromatic rings. The molecule has 1 saturated carbocycles. The molecule has 92 valence electrons. The summed E-state index contributed by atoms with van der Waals surface area (Å²) in [4.78, 5) is 24.2. The maximum absolute atomic E-state index is 12.0. The first-order chi connectivity index (χ1) is 8.02. The summed E-state index contributed by atoms with van der Waals surface area (Å²) < 4.78 is 5.23. The predicted octanol–water partition coefficient (Wildman–Crippen LogP) is 1.52. The highest BCUT2D eigenvalue weighted by Crippen LogP contribution is 2.41. The lowest BCUT2D eigenvalue weighted by atomic mass is 10.2. The molecule has 0 radical (unpaired) electrons. The van der Waals surface area contributed by atoms with E-state index in [0.29, 0.717) is 12.2 Å². The number of carbonyl (C=O) groups is 2. The predicted molar refractivity (Wildman–Crippen MR) is 59.1 cm³/mol. The number of hydrogen-bond donors (Lipinski definition) is 1. The van der Waals surface area contributed by atoms with E-state index in [-0.39, 0.29) is 17.9 Å². The lowest BCUT2D eigenvalue weighted by Gasteiger charge is -2.23. The molecule has 0 aliphatic heterocycles. The molecule has 0 spiro atoms. The number of carboxylic acids is 1. The number of rotatable bonds is 4. The Hall–Kier alpha value is -1.78. The summed E-state index contributed by atoms with van der Waals surface area (Å²) >= 11 is 0. The first-order valence-corrected chi connectivity index (χ1v) is 5.55. The number of furan rings is 1. The second-order valence-electron chi connectivity index (χ2n) is 4.43. The van der Waals surface area contributed by atoms with Crippen molar-refractivity contribution in [3.8, 4) is 0 Å². The molecule has 1 fully saturated rings. The van der Waals surface area contributed by atoms with Gasteiger partial charge in [-0.3, -0.25) is 9.59 Å². The van der Waals surface area contributed by atoms with Gasteiger partial charge >= 0.3 is 5.97 Å². The summed E-state index contributed by atoms with van der Waals surface area (Å²) in [5.74, 6) is -1.18. The van der Waals surface area contributed by atoms with Crippen LogP contribution in [0.2, 0.25) is 0 Å². The van der Waals surface area contributed by atoms with Gasteiger partial charge in [-0.2, -0.15) is 0 Å². The molecule has 0 bridgehead atoms. The quantitative estimate of drug-likeness (QED) is 0.861. The van der Waals surface area contributed by atoms with Crippen molar-refractivity contribution in [3.05, 3.63) is 24.2 Å². The van der Waals surface area contributed by atoms with E-state index in [1.165, 1.54) is 0 Å². The highest BCUT2D eigenvalue weighted by Gasteiger charge is 2.49. The van der Waals surface area contributed by atoms with Gasteiger partial charge in [0.15, 0.2) is 0 Å². The van der Waals surface area contributed by atoms with E-state index >= 15 is 0 Å². The second-order valence-corrected chi connectivity index (χ2v) is 4.43. The molecular weight excluding hydrogens is 222 g/mol. The molecule has 1 aromatic heterocycles. The van der Waals surface area contributed by atoms with E-state index < -0.39 is 11.9 Å². The maximum atomic E-state index is 12.0. The van der Waals surface area contributed by atoms with E-state index in [0.717, 1.165) is 0 Å².